The summed E-state index contributed by atoms with van der Waals surface area (Å²) in [4.78, 5) is 39.4. The Balaban J connectivity index is 1.67. The summed E-state index contributed by atoms with van der Waals surface area (Å²) in [7, 11) is 2.01. The first-order chi connectivity index (χ1) is 9.04. The molecule has 1 N–H and O–H groups in total. The molecule has 0 unspecified atom stereocenters. The predicted octanol–water partition coefficient (Wildman–Crippen LogP) is 0.329. The number of imide groups is 2. The molecule has 3 rings (SSSR count). The summed E-state index contributed by atoms with van der Waals surface area (Å²) in [5.41, 5.74) is -0.938. The van der Waals surface area contributed by atoms with Gasteiger partial charge in [-0.3, -0.25) is 19.8 Å². The van der Waals surface area contributed by atoms with Crippen molar-refractivity contribution in [2.45, 2.75) is 38.1 Å². The Morgan fingerprint density at radius 2 is 2.00 bits per heavy atom. The van der Waals surface area contributed by atoms with Crippen LogP contribution in [0.3, 0.4) is 0 Å². The van der Waals surface area contributed by atoms with E-state index in [4.69, 9.17) is 0 Å². The molecule has 6 heteroatoms. The lowest BCUT2D eigenvalue weighted by atomic mass is 9.66. The van der Waals surface area contributed by atoms with Crippen LogP contribution in [-0.2, 0) is 9.59 Å². The fourth-order valence-electron chi connectivity index (χ4n) is 2.86. The normalized spacial score (nSPS) is 25.8. The fourth-order valence-corrected chi connectivity index (χ4v) is 2.86. The molecule has 0 bridgehead atoms. The van der Waals surface area contributed by atoms with Crippen LogP contribution in [0.1, 0.15) is 32.1 Å². The minimum atomic E-state index is -0.938. The van der Waals surface area contributed by atoms with E-state index in [0.717, 1.165) is 6.42 Å². The van der Waals surface area contributed by atoms with Gasteiger partial charge < -0.3 is 4.90 Å². The van der Waals surface area contributed by atoms with Crippen LogP contribution >= 0.6 is 0 Å². The number of barbiturate groups is 1. The van der Waals surface area contributed by atoms with Crippen molar-refractivity contribution in [2.24, 2.45) is 5.41 Å². The largest absolute Gasteiger partial charge is 0.330 e. The molecule has 104 valence electrons. The van der Waals surface area contributed by atoms with Crippen molar-refractivity contribution in [3.05, 3.63) is 0 Å². The van der Waals surface area contributed by atoms with Gasteiger partial charge in [-0.15, -0.1) is 0 Å². The van der Waals surface area contributed by atoms with Crippen LogP contribution in [0.2, 0.25) is 0 Å². The summed E-state index contributed by atoms with van der Waals surface area (Å²) in [6.07, 6.45) is 4.40. The molecule has 0 aromatic carbocycles. The number of nitrogens with zero attached hydrogens (tertiary/aromatic N) is 2. The van der Waals surface area contributed by atoms with E-state index in [2.05, 4.69) is 10.2 Å². The number of urea groups is 1. The van der Waals surface area contributed by atoms with Crippen molar-refractivity contribution < 1.29 is 14.4 Å². The van der Waals surface area contributed by atoms with E-state index in [1.54, 1.807) is 0 Å². The Bertz CT molecular complexity index is 440. The van der Waals surface area contributed by atoms with Crippen molar-refractivity contribution in [3.63, 3.8) is 0 Å². The lowest BCUT2D eigenvalue weighted by Gasteiger charge is -2.44. The molecule has 0 aromatic rings. The SMILES string of the molecule is CN(CCN1C(=O)NC(=O)C2(CCC2)C1=O)C1CC1. The molecule has 0 aromatic heterocycles. The molecule has 2 aliphatic carbocycles. The van der Waals surface area contributed by atoms with Gasteiger partial charge in [-0.1, -0.05) is 6.42 Å². The van der Waals surface area contributed by atoms with Crippen molar-refractivity contribution >= 4 is 17.8 Å². The van der Waals surface area contributed by atoms with Crippen molar-refractivity contribution in [1.82, 2.24) is 15.1 Å². The van der Waals surface area contributed by atoms with Gasteiger partial charge in [0.05, 0.1) is 0 Å². The maximum absolute atomic E-state index is 12.4. The summed E-state index contributed by atoms with van der Waals surface area (Å²) in [5, 5.41) is 2.33. The standard InChI is InChI=1S/C13H19N3O3/c1-15(9-3-4-9)7-8-16-11(18)13(5-2-6-13)10(17)14-12(16)19/h9H,2-8H2,1H3,(H,14,17,19). The van der Waals surface area contributed by atoms with Crippen molar-refractivity contribution in [1.29, 1.82) is 0 Å². The minimum absolute atomic E-state index is 0.295. The lowest BCUT2D eigenvalue weighted by molar-refractivity contribution is -0.157. The van der Waals surface area contributed by atoms with E-state index in [0.29, 0.717) is 32.0 Å². The van der Waals surface area contributed by atoms with Crippen LogP contribution in [-0.4, -0.2) is 53.8 Å². The summed E-state index contributed by atoms with van der Waals surface area (Å²) in [6, 6.07) is 0.0407. The van der Waals surface area contributed by atoms with E-state index >= 15 is 0 Å². The quantitative estimate of drug-likeness (QED) is 0.744. The van der Waals surface area contributed by atoms with Crippen molar-refractivity contribution in [2.75, 3.05) is 20.1 Å². The third-order valence-electron chi connectivity index (χ3n) is 4.61. The molecule has 0 radical (unpaired) electrons. The van der Waals surface area contributed by atoms with Gasteiger partial charge in [0.1, 0.15) is 5.41 Å². The van der Waals surface area contributed by atoms with Gasteiger partial charge in [0.2, 0.25) is 11.8 Å². The van der Waals surface area contributed by atoms with Crippen LogP contribution in [0, 0.1) is 5.41 Å². The molecular weight excluding hydrogens is 246 g/mol. The predicted molar refractivity (Wildman–Crippen MR) is 67.2 cm³/mol. The number of hydrogen-bond acceptors (Lipinski definition) is 4. The zero-order chi connectivity index (χ0) is 13.6. The van der Waals surface area contributed by atoms with Gasteiger partial charge in [-0.2, -0.15) is 0 Å². The third kappa shape index (κ3) is 1.94. The van der Waals surface area contributed by atoms with E-state index < -0.39 is 17.4 Å². The molecule has 1 aliphatic heterocycles. The van der Waals surface area contributed by atoms with E-state index in [1.165, 1.54) is 17.7 Å². The fraction of sp³-hybridized carbons (Fsp3) is 0.769. The second-order valence-electron chi connectivity index (χ2n) is 5.86. The van der Waals surface area contributed by atoms with Crippen LogP contribution in [0.4, 0.5) is 4.79 Å². The van der Waals surface area contributed by atoms with Gasteiger partial charge >= 0.3 is 6.03 Å². The summed E-state index contributed by atoms with van der Waals surface area (Å²) in [6.45, 7) is 1.04. The second-order valence-corrected chi connectivity index (χ2v) is 5.86. The maximum atomic E-state index is 12.4. The summed E-state index contributed by atoms with van der Waals surface area (Å²) in [5.74, 6) is -0.697. The maximum Gasteiger partial charge on any atom is 0.330 e. The van der Waals surface area contributed by atoms with E-state index in [9.17, 15) is 14.4 Å². The first-order valence-corrected chi connectivity index (χ1v) is 6.92. The number of carbonyl (C=O) groups is 3. The van der Waals surface area contributed by atoms with E-state index in [-0.39, 0.29) is 5.91 Å². The average molecular weight is 265 g/mol. The molecule has 3 aliphatic rings. The zero-order valence-electron chi connectivity index (χ0n) is 11.1. The zero-order valence-corrected chi connectivity index (χ0v) is 11.1. The molecule has 19 heavy (non-hydrogen) atoms. The molecule has 0 atom stereocenters. The van der Waals surface area contributed by atoms with Crippen LogP contribution in [0.15, 0.2) is 0 Å². The van der Waals surface area contributed by atoms with Gasteiger partial charge in [0.25, 0.3) is 0 Å². The van der Waals surface area contributed by atoms with Crippen LogP contribution in [0.25, 0.3) is 0 Å². The molecular formula is C13H19N3O3. The number of amides is 4. The smallest absolute Gasteiger partial charge is 0.302 e. The first-order valence-electron chi connectivity index (χ1n) is 6.92. The molecule has 3 fully saturated rings. The molecule has 6 nitrogen and oxygen atoms in total. The number of rotatable bonds is 4. The highest BCUT2D eigenvalue weighted by molar-refractivity contribution is 6.19. The monoisotopic (exact) mass is 265 g/mol. The van der Waals surface area contributed by atoms with Crippen molar-refractivity contribution in [3.8, 4) is 0 Å². The lowest BCUT2D eigenvalue weighted by Crippen LogP contribution is -2.66. The van der Waals surface area contributed by atoms with Crippen LogP contribution < -0.4 is 5.32 Å². The van der Waals surface area contributed by atoms with Gasteiger partial charge in [0, 0.05) is 19.1 Å². The molecule has 4 amide bonds. The Morgan fingerprint density at radius 1 is 1.32 bits per heavy atom. The summed E-state index contributed by atoms with van der Waals surface area (Å²) >= 11 is 0. The molecule has 1 saturated heterocycles. The third-order valence-corrected chi connectivity index (χ3v) is 4.61. The number of nitrogens with one attached hydrogen (secondary N) is 1. The number of hydrogen-bond donors (Lipinski definition) is 1. The Labute approximate surface area is 112 Å². The number of likely N-dealkylation sites (N-methyl/N-ethyl adjacent to an activating group) is 1. The highest BCUT2D eigenvalue weighted by atomic mass is 16.2. The Hall–Kier alpha value is -1.43. The number of carbonyl (C=O) groups excluding carboxylic acids is 3. The minimum Gasteiger partial charge on any atom is -0.302 e. The average Bonchev–Trinajstić information content (AvgIpc) is 3.09. The Morgan fingerprint density at radius 3 is 2.53 bits per heavy atom. The molecule has 1 spiro atoms. The molecule has 1 heterocycles. The Kier molecular flexibility index (Phi) is 2.85. The highest BCUT2D eigenvalue weighted by Gasteiger charge is 2.57. The second kappa shape index (κ2) is 4.30. The highest BCUT2D eigenvalue weighted by Crippen LogP contribution is 2.44. The topological polar surface area (TPSA) is 69.7 Å². The van der Waals surface area contributed by atoms with Gasteiger partial charge in [0.15, 0.2) is 0 Å². The van der Waals surface area contributed by atoms with Gasteiger partial charge in [-0.25, -0.2) is 4.79 Å². The molecule has 2 saturated carbocycles. The van der Waals surface area contributed by atoms with Crippen LogP contribution in [0.5, 0.6) is 0 Å². The first kappa shape index (κ1) is 12.6. The summed E-state index contributed by atoms with van der Waals surface area (Å²) < 4.78 is 0. The van der Waals surface area contributed by atoms with Gasteiger partial charge in [-0.05, 0) is 32.7 Å². The van der Waals surface area contributed by atoms with E-state index in [1.807, 2.05) is 7.05 Å².